The Hall–Kier alpha value is -3.28. The van der Waals surface area contributed by atoms with Crippen molar-refractivity contribution in [1.82, 2.24) is 5.32 Å². The Morgan fingerprint density at radius 2 is 1.78 bits per heavy atom. The highest BCUT2D eigenvalue weighted by molar-refractivity contribution is 5.91. The van der Waals surface area contributed by atoms with Crippen molar-refractivity contribution in [3.63, 3.8) is 0 Å². The predicted octanol–water partition coefficient (Wildman–Crippen LogP) is 6.31. The first kappa shape index (κ1) is 26.8. The first-order valence-electron chi connectivity index (χ1n) is 13.8. The van der Waals surface area contributed by atoms with Gasteiger partial charge in [-0.15, -0.1) is 0 Å². The summed E-state index contributed by atoms with van der Waals surface area (Å²) >= 11 is 0. The number of nitrogens with one attached hydrogen (secondary N) is 1. The summed E-state index contributed by atoms with van der Waals surface area (Å²) in [6.45, 7) is 5.95. The molecular weight excluding hydrogens is 464 g/mol. The standard InChI is InChI=1S/C31H40N2O4/c1-2-19-37-29-21-24(15-16-26(29)31(35)36)22-30(34)32-27(20-23-11-5-3-6-12-23)25-13-7-8-14-28(25)33-17-9-4-10-18-33/h2,7-8,13-16,21,23,27H,1,3-6,9-12,17-20,22H2,(H,32,34)(H,35,36). The Kier molecular flexibility index (Phi) is 9.64. The van der Waals surface area contributed by atoms with Crippen LogP contribution in [0.15, 0.2) is 55.1 Å². The van der Waals surface area contributed by atoms with E-state index in [1.54, 1.807) is 18.2 Å². The molecule has 6 nitrogen and oxygen atoms in total. The zero-order valence-corrected chi connectivity index (χ0v) is 21.8. The summed E-state index contributed by atoms with van der Waals surface area (Å²) in [5.41, 5.74) is 3.26. The fraction of sp³-hybridized carbons (Fsp3) is 0.484. The van der Waals surface area contributed by atoms with Crippen LogP contribution in [0.4, 0.5) is 5.69 Å². The van der Waals surface area contributed by atoms with Crippen LogP contribution >= 0.6 is 0 Å². The molecule has 1 heterocycles. The van der Waals surface area contributed by atoms with Gasteiger partial charge in [0.1, 0.15) is 17.9 Å². The van der Waals surface area contributed by atoms with Crippen LogP contribution in [0.25, 0.3) is 0 Å². The van der Waals surface area contributed by atoms with Gasteiger partial charge >= 0.3 is 5.97 Å². The van der Waals surface area contributed by atoms with Gasteiger partial charge < -0.3 is 20.1 Å². The number of benzene rings is 2. The minimum Gasteiger partial charge on any atom is -0.489 e. The minimum absolute atomic E-state index is 0.0523. The number of carbonyl (C=O) groups is 2. The van der Waals surface area contributed by atoms with E-state index in [0.717, 1.165) is 25.1 Å². The van der Waals surface area contributed by atoms with E-state index >= 15 is 0 Å². The van der Waals surface area contributed by atoms with Crippen LogP contribution in [0.3, 0.4) is 0 Å². The van der Waals surface area contributed by atoms with Gasteiger partial charge in [-0.2, -0.15) is 0 Å². The molecule has 1 saturated carbocycles. The summed E-state index contributed by atoms with van der Waals surface area (Å²) in [6, 6.07) is 13.4. The lowest BCUT2D eigenvalue weighted by Gasteiger charge is -2.34. The Balaban J connectivity index is 1.54. The first-order valence-corrected chi connectivity index (χ1v) is 13.8. The van der Waals surface area contributed by atoms with Crippen molar-refractivity contribution in [3.05, 3.63) is 71.8 Å². The fourth-order valence-corrected chi connectivity index (χ4v) is 5.78. The maximum atomic E-state index is 13.4. The van der Waals surface area contributed by atoms with E-state index in [0.29, 0.717) is 5.92 Å². The molecule has 2 N–H and O–H groups in total. The van der Waals surface area contributed by atoms with E-state index < -0.39 is 5.97 Å². The van der Waals surface area contributed by atoms with Gasteiger partial charge in [0.2, 0.25) is 5.91 Å². The number of amides is 1. The molecule has 2 fully saturated rings. The number of carbonyl (C=O) groups excluding carboxylic acids is 1. The molecule has 1 atom stereocenters. The third-order valence-corrected chi connectivity index (χ3v) is 7.64. The summed E-state index contributed by atoms with van der Waals surface area (Å²) < 4.78 is 5.57. The molecule has 1 amide bonds. The maximum absolute atomic E-state index is 13.4. The average Bonchev–Trinajstić information content (AvgIpc) is 2.92. The van der Waals surface area contributed by atoms with Crippen molar-refractivity contribution in [1.29, 1.82) is 0 Å². The van der Waals surface area contributed by atoms with Crippen LogP contribution in [0.1, 0.15) is 85.3 Å². The zero-order valence-electron chi connectivity index (χ0n) is 21.8. The van der Waals surface area contributed by atoms with E-state index in [-0.39, 0.29) is 36.3 Å². The highest BCUT2D eigenvalue weighted by atomic mass is 16.5. The molecule has 0 bridgehead atoms. The second-order valence-corrected chi connectivity index (χ2v) is 10.4. The van der Waals surface area contributed by atoms with E-state index in [4.69, 9.17) is 4.74 Å². The number of rotatable bonds is 11. The van der Waals surface area contributed by atoms with E-state index in [2.05, 4.69) is 41.1 Å². The smallest absolute Gasteiger partial charge is 0.339 e. The van der Waals surface area contributed by atoms with Gasteiger partial charge in [0.15, 0.2) is 0 Å². The van der Waals surface area contributed by atoms with Crippen molar-refractivity contribution < 1.29 is 19.4 Å². The Morgan fingerprint density at radius 3 is 2.51 bits per heavy atom. The molecule has 1 aliphatic carbocycles. The van der Waals surface area contributed by atoms with Crippen molar-refractivity contribution in [2.75, 3.05) is 24.6 Å². The summed E-state index contributed by atoms with van der Waals surface area (Å²) in [5.74, 6) is -0.252. The zero-order chi connectivity index (χ0) is 26.0. The number of ether oxygens (including phenoxy) is 1. The summed E-state index contributed by atoms with van der Waals surface area (Å²) in [6.07, 6.45) is 12.6. The van der Waals surface area contributed by atoms with Gasteiger partial charge in [-0.05, 0) is 60.9 Å². The summed E-state index contributed by atoms with van der Waals surface area (Å²) in [4.78, 5) is 27.4. The molecule has 37 heavy (non-hydrogen) atoms. The monoisotopic (exact) mass is 504 g/mol. The second kappa shape index (κ2) is 13.3. The van der Waals surface area contributed by atoms with Crippen LogP contribution in [-0.4, -0.2) is 36.7 Å². The molecule has 1 saturated heterocycles. The maximum Gasteiger partial charge on any atom is 0.339 e. The second-order valence-electron chi connectivity index (χ2n) is 10.4. The Labute approximate surface area is 220 Å². The first-order chi connectivity index (χ1) is 18.0. The fourth-order valence-electron chi connectivity index (χ4n) is 5.78. The number of carboxylic acids is 1. The summed E-state index contributed by atoms with van der Waals surface area (Å²) in [5, 5.41) is 12.9. The molecule has 4 rings (SSSR count). The van der Waals surface area contributed by atoms with Crippen molar-refractivity contribution in [2.24, 2.45) is 5.92 Å². The van der Waals surface area contributed by atoms with Gasteiger partial charge in [-0.3, -0.25) is 4.79 Å². The minimum atomic E-state index is -1.06. The molecule has 2 aliphatic rings. The van der Waals surface area contributed by atoms with E-state index in [9.17, 15) is 14.7 Å². The van der Waals surface area contributed by atoms with Crippen LogP contribution in [0.5, 0.6) is 5.75 Å². The van der Waals surface area contributed by atoms with Crippen molar-refractivity contribution >= 4 is 17.6 Å². The lowest BCUT2D eigenvalue weighted by atomic mass is 9.83. The molecule has 2 aromatic rings. The molecule has 2 aromatic carbocycles. The predicted molar refractivity (Wildman–Crippen MR) is 147 cm³/mol. The number of anilines is 1. The number of carboxylic acid groups (broad SMARTS) is 1. The van der Waals surface area contributed by atoms with Crippen molar-refractivity contribution in [3.8, 4) is 5.75 Å². The number of para-hydroxylation sites is 1. The number of aromatic carboxylic acids is 1. The molecule has 1 aliphatic heterocycles. The molecule has 0 spiro atoms. The SMILES string of the molecule is C=CCOc1cc(CC(=O)NC(CC2CCCCC2)c2ccccc2N2CCCCC2)ccc1C(=O)O. The molecule has 6 heteroatoms. The van der Waals surface area contributed by atoms with Gasteiger partial charge in [0, 0.05) is 18.8 Å². The topological polar surface area (TPSA) is 78.9 Å². The molecule has 0 aromatic heterocycles. The van der Waals surface area contributed by atoms with Crippen LogP contribution < -0.4 is 15.0 Å². The van der Waals surface area contributed by atoms with Crippen LogP contribution in [-0.2, 0) is 11.2 Å². The quantitative estimate of drug-likeness (QED) is 0.351. The third kappa shape index (κ3) is 7.37. The van der Waals surface area contributed by atoms with Gasteiger partial charge in [-0.1, -0.05) is 69.0 Å². The normalized spacial score (nSPS) is 17.1. The van der Waals surface area contributed by atoms with Gasteiger partial charge in [-0.25, -0.2) is 4.79 Å². The molecule has 1 unspecified atom stereocenters. The van der Waals surface area contributed by atoms with E-state index in [1.165, 1.54) is 68.7 Å². The Bertz CT molecular complexity index is 1070. The highest BCUT2D eigenvalue weighted by Gasteiger charge is 2.26. The lowest BCUT2D eigenvalue weighted by molar-refractivity contribution is -0.121. The van der Waals surface area contributed by atoms with Crippen LogP contribution in [0, 0.1) is 5.92 Å². The number of hydrogen-bond donors (Lipinski definition) is 2. The average molecular weight is 505 g/mol. The molecular formula is C31H40N2O4. The van der Waals surface area contributed by atoms with Gasteiger partial charge in [0.25, 0.3) is 0 Å². The third-order valence-electron chi connectivity index (χ3n) is 7.64. The lowest BCUT2D eigenvalue weighted by Crippen LogP contribution is -2.35. The highest BCUT2D eigenvalue weighted by Crippen LogP contribution is 2.36. The number of hydrogen-bond acceptors (Lipinski definition) is 4. The van der Waals surface area contributed by atoms with E-state index in [1.807, 2.05) is 0 Å². The largest absolute Gasteiger partial charge is 0.489 e. The number of nitrogens with zero attached hydrogens (tertiary/aromatic N) is 1. The Morgan fingerprint density at radius 1 is 1.05 bits per heavy atom. The number of piperidine rings is 1. The van der Waals surface area contributed by atoms with Gasteiger partial charge in [0.05, 0.1) is 12.5 Å². The summed E-state index contributed by atoms with van der Waals surface area (Å²) in [7, 11) is 0. The van der Waals surface area contributed by atoms with Crippen LogP contribution in [0.2, 0.25) is 0 Å². The van der Waals surface area contributed by atoms with Crippen molar-refractivity contribution in [2.45, 2.75) is 70.3 Å². The molecule has 0 radical (unpaired) electrons. The molecule has 198 valence electrons.